The Hall–Kier alpha value is -2.56. The van der Waals surface area contributed by atoms with Gasteiger partial charge in [-0.2, -0.15) is 0 Å². The Bertz CT molecular complexity index is 805. The third kappa shape index (κ3) is 1.63. The quantitative estimate of drug-likeness (QED) is 0.552. The second-order valence-corrected chi connectivity index (χ2v) is 5.16. The highest BCUT2D eigenvalue weighted by atomic mass is 16.3. The monoisotopic (exact) mass is 266 g/mol. The van der Waals surface area contributed by atoms with Gasteiger partial charge in [0.2, 0.25) is 0 Å². The molecular formula is C15H14N4O. The maximum atomic E-state index is 9.56. The Balaban J connectivity index is 1.98. The van der Waals surface area contributed by atoms with Crippen molar-refractivity contribution in [1.29, 1.82) is 0 Å². The van der Waals surface area contributed by atoms with E-state index in [1.807, 2.05) is 18.2 Å². The number of nitrogens with zero attached hydrogens (tertiary/aromatic N) is 3. The Morgan fingerprint density at radius 2 is 2.10 bits per heavy atom. The molecule has 0 saturated heterocycles. The molecule has 0 spiro atoms. The lowest BCUT2D eigenvalue weighted by molar-refractivity contribution is 0.478. The molecule has 1 aromatic carbocycles. The zero-order valence-corrected chi connectivity index (χ0v) is 10.8. The summed E-state index contributed by atoms with van der Waals surface area (Å²) in [7, 11) is 0. The van der Waals surface area contributed by atoms with Crippen LogP contribution in [0.1, 0.15) is 18.9 Å². The Labute approximate surface area is 115 Å². The molecule has 4 rings (SSSR count). The van der Waals surface area contributed by atoms with Crippen LogP contribution in [0.4, 0.5) is 5.69 Å². The lowest BCUT2D eigenvalue weighted by Gasteiger charge is -2.08. The van der Waals surface area contributed by atoms with E-state index in [0.717, 1.165) is 35.4 Å². The average molecular weight is 266 g/mol. The van der Waals surface area contributed by atoms with Crippen LogP contribution in [0.5, 0.6) is 5.75 Å². The standard InChI is InChI=1S/C15H14N4O/c16-11-8-9(3-6-13(11)20)14-18-12-2-1-7-17-15(12)19(14)10-4-5-10/h1-3,6-8,10,20H,4-5,16H2. The fourth-order valence-corrected chi connectivity index (χ4v) is 2.51. The van der Waals surface area contributed by atoms with Crippen LogP contribution in [0.25, 0.3) is 22.6 Å². The highest BCUT2D eigenvalue weighted by Gasteiger charge is 2.29. The highest BCUT2D eigenvalue weighted by Crippen LogP contribution is 2.41. The molecule has 3 N–H and O–H groups in total. The van der Waals surface area contributed by atoms with Crippen LogP contribution < -0.4 is 5.73 Å². The van der Waals surface area contributed by atoms with E-state index < -0.39 is 0 Å². The van der Waals surface area contributed by atoms with Gasteiger partial charge in [-0.05, 0) is 43.2 Å². The molecule has 1 saturated carbocycles. The first-order chi connectivity index (χ1) is 9.74. The van der Waals surface area contributed by atoms with Crippen LogP contribution >= 0.6 is 0 Å². The van der Waals surface area contributed by atoms with E-state index in [4.69, 9.17) is 5.73 Å². The average Bonchev–Trinajstić information content (AvgIpc) is 3.22. The van der Waals surface area contributed by atoms with E-state index in [1.165, 1.54) is 0 Å². The number of hydrogen-bond acceptors (Lipinski definition) is 4. The molecule has 1 fully saturated rings. The van der Waals surface area contributed by atoms with Gasteiger partial charge in [0.25, 0.3) is 0 Å². The zero-order chi connectivity index (χ0) is 13.7. The molecule has 3 aromatic rings. The molecule has 0 radical (unpaired) electrons. The molecule has 100 valence electrons. The number of rotatable bonds is 2. The number of pyridine rings is 1. The van der Waals surface area contributed by atoms with Crippen molar-refractivity contribution in [1.82, 2.24) is 14.5 Å². The van der Waals surface area contributed by atoms with E-state index >= 15 is 0 Å². The van der Waals surface area contributed by atoms with E-state index in [-0.39, 0.29) is 5.75 Å². The van der Waals surface area contributed by atoms with Crippen molar-refractivity contribution in [2.75, 3.05) is 5.73 Å². The van der Waals surface area contributed by atoms with Crippen molar-refractivity contribution >= 4 is 16.9 Å². The fourth-order valence-electron chi connectivity index (χ4n) is 2.51. The summed E-state index contributed by atoms with van der Waals surface area (Å²) in [5.74, 6) is 0.967. The largest absolute Gasteiger partial charge is 0.506 e. The topological polar surface area (TPSA) is 77.0 Å². The van der Waals surface area contributed by atoms with Gasteiger partial charge in [-0.1, -0.05) is 0 Å². The van der Waals surface area contributed by atoms with E-state index in [1.54, 1.807) is 18.3 Å². The molecule has 0 bridgehead atoms. The lowest BCUT2D eigenvalue weighted by Crippen LogP contribution is -1.99. The van der Waals surface area contributed by atoms with Crippen LogP contribution in [0, 0.1) is 0 Å². The molecule has 0 aliphatic heterocycles. The van der Waals surface area contributed by atoms with Gasteiger partial charge in [-0.25, -0.2) is 9.97 Å². The zero-order valence-electron chi connectivity index (χ0n) is 10.8. The minimum atomic E-state index is 0.0981. The number of benzene rings is 1. The SMILES string of the molecule is Nc1cc(-c2nc3cccnc3n2C2CC2)ccc1O. The molecular weight excluding hydrogens is 252 g/mol. The van der Waals surface area contributed by atoms with Crippen molar-refractivity contribution in [2.24, 2.45) is 0 Å². The number of phenolic OH excluding ortho intramolecular Hbond substituents is 1. The molecule has 2 heterocycles. The highest BCUT2D eigenvalue weighted by molar-refractivity contribution is 5.78. The van der Waals surface area contributed by atoms with Gasteiger partial charge in [0.05, 0.1) is 5.69 Å². The summed E-state index contributed by atoms with van der Waals surface area (Å²) in [6, 6.07) is 9.53. The van der Waals surface area contributed by atoms with E-state index in [0.29, 0.717) is 11.7 Å². The van der Waals surface area contributed by atoms with Crippen LogP contribution in [0.2, 0.25) is 0 Å². The molecule has 20 heavy (non-hydrogen) atoms. The number of hydrogen-bond donors (Lipinski definition) is 2. The van der Waals surface area contributed by atoms with Crippen LogP contribution in [0.3, 0.4) is 0 Å². The van der Waals surface area contributed by atoms with E-state index in [2.05, 4.69) is 14.5 Å². The van der Waals surface area contributed by atoms with Crippen molar-refractivity contribution < 1.29 is 5.11 Å². The third-order valence-electron chi connectivity index (χ3n) is 3.65. The maximum Gasteiger partial charge on any atom is 0.160 e. The van der Waals surface area contributed by atoms with Crippen molar-refractivity contribution in [3.05, 3.63) is 36.5 Å². The third-order valence-corrected chi connectivity index (χ3v) is 3.65. The first kappa shape index (κ1) is 11.3. The minimum Gasteiger partial charge on any atom is -0.506 e. The summed E-state index contributed by atoms with van der Waals surface area (Å²) in [5, 5.41) is 9.56. The van der Waals surface area contributed by atoms with Crippen LogP contribution in [-0.4, -0.2) is 19.6 Å². The summed E-state index contributed by atoms with van der Waals surface area (Å²) >= 11 is 0. The van der Waals surface area contributed by atoms with Gasteiger partial charge >= 0.3 is 0 Å². The summed E-state index contributed by atoms with van der Waals surface area (Å²) in [6.07, 6.45) is 4.10. The molecule has 1 aliphatic carbocycles. The van der Waals surface area contributed by atoms with Gasteiger partial charge in [-0.15, -0.1) is 0 Å². The van der Waals surface area contributed by atoms with E-state index in [9.17, 15) is 5.11 Å². The molecule has 0 unspecified atom stereocenters. The molecule has 0 atom stereocenters. The van der Waals surface area contributed by atoms with Crippen molar-refractivity contribution in [3.8, 4) is 17.1 Å². The number of anilines is 1. The second-order valence-electron chi connectivity index (χ2n) is 5.16. The lowest BCUT2D eigenvalue weighted by atomic mass is 10.2. The van der Waals surface area contributed by atoms with Gasteiger partial charge in [0, 0.05) is 17.8 Å². The fraction of sp³-hybridized carbons (Fsp3) is 0.200. The minimum absolute atomic E-state index is 0.0981. The van der Waals surface area contributed by atoms with Gasteiger partial charge in [-0.3, -0.25) is 0 Å². The summed E-state index contributed by atoms with van der Waals surface area (Å²) in [6.45, 7) is 0. The first-order valence-electron chi connectivity index (χ1n) is 6.66. The number of aromatic nitrogens is 3. The smallest absolute Gasteiger partial charge is 0.160 e. The Morgan fingerprint density at radius 1 is 1.25 bits per heavy atom. The number of fused-ring (bicyclic) bond motifs is 1. The van der Waals surface area contributed by atoms with Gasteiger partial charge in [0.1, 0.15) is 17.1 Å². The second kappa shape index (κ2) is 3.96. The number of nitrogen functional groups attached to an aromatic ring is 1. The number of imidazole rings is 1. The predicted molar refractivity (Wildman–Crippen MR) is 77.3 cm³/mol. The summed E-state index contributed by atoms with van der Waals surface area (Å²) in [5.41, 5.74) is 8.87. The molecule has 1 aliphatic rings. The first-order valence-corrected chi connectivity index (χ1v) is 6.66. The predicted octanol–water partition coefficient (Wildman–Crippen LogP) is 2.72. The van der Waals surface area contributed by atoms with Crippen LogP contribution in [-0.2, 0) is 0 Å². The summed E-state index contributed by atoms with van der Waals surface area (Å²) < 4.78 is 2.18. The van der Waals surface area contributed by atoms with Crippen LogP contribution in [0.15, 0.2) is 36.5 Å². The van der Waals surface area contributed by atoms with Crippen molar-refractivity contribution in [2.45, 2.75) is 18.9 Å². The Kier molecular flexibility index (Phi) is 2.24. The summed E-state index contributed by atoms with van der Waals surface area (Å²) in [4.78, 5) is 9.13. The molecule has 2 aromatic heterocycles. The van der Waals surface area contributed by atoms with Gasteiger partial charge < -0.3 is 15.4 Å². The maximum absolute atomic E-state index is 9.56. The molecule has 5 nitrogen and oxygen atoms in total. The normalized spacial score (nSPS) is 14.8. The Morgan fingerprint density at radius 3 is 2.85 bits per heavy atom. The molecule has 5 heteroatoms. The number of phenols is 1. The number of aromatic hydroxyl groups is 1. The van der Waals surface area contributed by atoms with Gasteiger partial charge in [0.15, 0.2) is 5.65 Å². The molecule has 0 amide bonds. The van der Waals surface area contributed by atoms with Crippen molar-refractivity contribution in [3.63, 3.8) is 0 Å². The number of nitrogens with two attached hydrogens (primary N) is 1.